The van der Waals surface area contributed by atoms with E-state index in [0.717, 1.165) is 6.08 Å². The molecule has 0 fully saturated rings. The van der Waals surface area contributed by atoms with Crippen molar-refractivity contribution in [2.24, 2.45) is 7.05 Å². The number of hydrogen-bond acceptors (Lipinski definition) is 4. The molecule has 2 aromatic rings. The van der Waals surface area contributed by atoms with Crippen LogP contribution in [-0.4, -0.2) is 30.9 Å². The van der Waals surface area contributed by atoms with Crippen LogP contribution in [0.4, 0.5) is 0 Å². The molecule has 0 bridgehead atoms. The van der Waals surface area contributed by atoms with Crippen molar-refractivity contribution in [3.8, 4) is 0 Å². The van der Waals surface area contributed by atoms with Gasteiger partial charge in [0.1, 0.15) is 17.3 Å². The third kappa shape index (κ3) is 1.58. The van der Waals surface area contributed by atoms with Crippen LogP contribution in [0.5, 0.6) is 0 Å². The average molecular weight is 224 g/mol. The summed E-state index contributed by atoms with van der Waals surface area (Å²) in [6, 6.07) is 0. The number of aryl methyl sites for hydroxylation is 1. The highest BCUT2D eigenvalue weighted by Crippen LogP contribution is 2.03. The van der Waals surface area contributed by atoms with Gasteiger partial charge in [-0.3, -0.25) is 14.3 Å². The number of nitrogens with one attached hydrogen (secondary N) is 2. The molecule has 0 unspecified atom stereocenters. The van der Waals surface area contributed by atoms with Crippen molar-refractivity contribution in [3.05, 3.63) is 26.7 Å². The van der Waals surface area contributed by atoms with Gasteiger partial charge < -0.3 is 10.5 Å². The van der Waals surface area contributed by atoms with Gasteiger partial charge in [0, 0.05) is 7.05 Å². The predicted molar refractivity (Wildman–Crippen MR) is 55.7 cm³/mol. The zero-order valence-electron chi connectivity index (χ0n) is 8.20. The minimum atomic E-state index is -0.564. The summed E-state index contributed by atoms with van der Waals surface area (Å²) >= 11 is 0. The zero-order chi connectivity index (χ0) is 11.0. The maximum atomic E-state index is 11.3. The molecule has 0 spiro atoms. The molecular formula is C8H8N4O4. The maximum absolute atomic E-state index is 11.3. The molecule has 0 amide bonds. The van der Waals surface area contributed by atoms with E-state index in [-0.39, 0.29) is 22.5 Å². The zero-order valence-corrected chi connectivity index (χ0v) is 8.20. The third-order valence-corrected chi connectivity index (χ3v) is 1.97. The Labute approximate surface area is 87.6 Å². The Morgan fingerprint density at radius 2 is 2.06 bits per heavy atom. The fourth-order valence-electron chi connectivity index (χ4n) is 1.25. The van der Waals surface area contributed by atoms with Crippen LogP contribution in [0.2, 0.25) is 0 Å². The van der Waals surface area contributed by atoms with Crippen molar-refractivity contribution in [2.75, 3.05) is 0 Å². The molecule has 4 N–H and O–H groups in total. The molecule has 0 aliphatic heterocycles. The third-order valence-electron chi connectivity index (χ3n) is 1.97. The summed E-state index contributed by atoms with van der Waals surface area (Å²) in [7, 11) is 1.47. The summed E-state index contributed by atoms with van der Waals surface area (Å²) in [4.78, 5) is 41.2. The fraction of sp³-hybridized carbons (Fsp3) is 0.125. The topological polar surface area (TPSA) is 132 Å². The Bertz CT molecular complexity index is 686. The molecule has 16 heavy (non-hydrogen) atoms. The number of carbonyl (C=O) groups excluding carboxylic acids is 1. The van der Waals surface area contributed by atoms with Gasteiger partial charge in [-0.1, -0.05) is 0 Å². The lowest BCUT2D eigenvalue weighted by Crippen LogP contribution is -2.28. The van der Waals surface area contributed by atoms with Crippen molar-refractivity contribution in [3.63, 3.8) is 0 Å². The fourth-order valence-corrected chi connectivity index (χ4v) is 1.25. The molecule has 0 saturated heterocycles. The molecule has 84 valence electrons. The summed E-state index contributed by atoms with van der Waals surface area (Å²) in [5.41, 5.74) is -0.768. The second-order valence-corrected chi connectivity index (χ2v) is 2.90. The lowest BCUT2D eigenvalue weighted by molar-refractivity contribution is 0.570. The first-order chi connectivity index (χ1) is 7.13. The Hall–Kier alpha value is -2.44. The number of fused-ring (bicyclic) bond motifs is 1. The van der Waals surface area contributed by atoms with Gasteiger partial charge in [0.2, 0.25) is 0 Å². The van der Waals surface area contributed by atoms with E-state index < -0.39 is 11.2 Å². The monoisotopic (exact) mass is 224 g/mol. The van der Waals surface area contributed by atoms with E-state index >= 15 is 0 Å². The van der Waals surface area contributed by atoms with Crippen LogP contribution in [-0.2, 0) is 11.8 Å². The van der Waals surface area contributed by atoms with Gasteiger partial charge in [-0.15, -0.1) is 0 Å². The highest BCUT2D eigenvalue weighted by molar-refractivity contribution is 5.77. The van der Waals surface area contributed by atoms with Crippen molar-refractivity contribution < 1.29 is 10.3 Å². The van der Waals surface area contributed by atoms with Gasteiger partial charge in [0.05, 0.1) is 6.08 Å². The summed E-state index contributed by atoms with van der Waals surface area (Å²) < 4.78 is 1.18. The van der Waals surface area contributed by atoms with E-state index in [1.54, 1.807) is 0 Å². The van der Waals surface area contributed by atoms with Crippen LogP contribution >= 0.6 is 0 Å². The van der Waals surface area contributed by atoms with Crippen molar-refractivity contribution in [1.82, 2.24) is 19.5 Å². The molecule has 0 radical (unpaired) electrons. The largest absolute Gasteiger partial charge is 0.412 e. The Morgan fingerprint density at radius 3 is 2.69 bits per heavy atom. The highest BCUT2D eigenvalue weighted by Gasteiger charge is 2.08. The van der Waals surface area contributed by atoms with Gasteiger partial charge in [0.15, 0.2) is 5.65 Å². The summed E-state index contributed by atoms with van der Waals surface area (Å²) in [6.45, 7) is 0. The number of aromatic nitrogens is 4. The first-order valence-corrected chi connectivity index (χ1v) is 4.03. The Kier molecular flexibility index (Phi) is 2.89. The molecule has 2 rings (SSSR count). The standard InChI is InChI=1S/C8H6N4O3.H2O/c1-12-6-5(7(14)11-8(12)15)9-4(10-6)2-3-13;/h2H,1H3,(H,9,10)(H,11,14,15);1H2. The van der Waals surface area contributed by atoms with Gasteiger partial charge >= 0.3 is 5.69 Å². The summed E-state index contributed by atoms with van der Waals surface area (Å²) in [5, 5.41) is 0. The molecule has 8 nitrogen and oxygen atoms in total. The second kappa shape index (κ2) is 3.97. The first kappa shape index (κ1) is 11.6. The highest BCUT2D eigenvalue weighted by atomic mass is 16.2. The normalized spacial score (nSPS) is 9.56. The molecule has 0 aliphatic carbocycles. The summed E-state index contributed by atoms with van der Waals surface area (Å²) in [6.07, 6.45) is 1.05. The van der Waals surface area contributed by atoms with Gasteiger partial charge in [-0.2, -0.15) is 0 Å². The maximum Gasteiger partial charge on any atom is 0.329 e. The second-order valence-electron chi connectivity index (χ2n) is 2.90. The van der Waals surface area contributed by atoms with Crippen LogP contribution in [0.3, 0.4) is 0 Å². The minimum Gasteiger partial charge on any atom is -0.412 e. The van der Waals surface area contributed by atoms with Crippen LogP contribution in [0.25, 0.3) is 17.2 Å². The molecule has 8 heteroatoms. The number of rotatable bonds is 1. The molecule has 0 atom stereocenters. The van der Waals surface area contributed by atoms with E-state index in [9.17, 15) is 14.4 Å². The Balaban J connectivity index is 0.00000128. The molecule has 2 heterocycles. The van der Waals surface area contributed by atoms with Crippen LogP contribution in [0, 0.1) is 0 Å². The van der Waals surface area contributed by atoms with E-state index in [4.69, 9.17) is 0 Å². The molecule has 0 aliphatic rings. The molecule has 2 aromatic heterocycles. The number of H-pyrrole nitrogens is 2. The number of imidazole rings is 1. The van der Waals surface area contributed by atoms with Gasteiger partial charge in [-0.05, 0) is 0 Å². The predicted octanol–water partition coefficient (Wildman–Crippen LogP) is -2.03. The average Bonchev–Trinajstić information content (AvgIpc) is 2.60. The lowest BCUT2D eigenvalue weighted by Gasteiger charge is -1.94. The van der Waals surface area contributed by atoms with Gasteiger partial charge in [0.25, 0.3) is 5.56 Å². The SMILES string of the molecule is Cn1c(=O)[nH]c(=O)c2[nH]c(C=C=O)nc21.O. The van der Waals surface area contributed by atoms with Crippen LogP contribution in [0.15, 0.2) is 9.59 Å². The smallest absolute Gasteiger partial charge is 0.329 e. The quantitative estimate of drug-likeness (QED) is 0.540. The minimum absolute atomic E-state index is 0. The first-order valence-electron chi connectivity index (χ1n) is 4.03. The van der Waals surface area contributed by atoms with Crippen LogP contribution < -0.4 is 11.2 Å². The van der Waals surface area contributed by atoms with Crippen molar-refractivity contribution in [1.29, 1.82) is 0 Å². The summed E-state index contributed by atoms with van der Waals surface area (Å²) in [5.74, 6) is 1.72. The number of hydrogen-bond donors (Lipinski definition) is 2. The van der Waals surface area contributed by atoms with Gasteiger partial charge in [-0.25, -0.2) is 14.6 Å². The van der Waals surface area contributed by atoms with Crippen LogP contribution in [0.1, 0.15) is 5.82 Å². The molecule has 0 aromatic carbocycles. The van der Waals surface area contributed by atoms with Crippen molar-refractivity contribution in [2.45, 2.75) is 0 Å². The van der Waals surface area contributed by atoms with Crippen molar-refractivity contribution >= 4 is 23.2 Å². The number of aromatic amines is 2. The molecule has 0 saturated carbocycles. The Morgan fingerprint density at radius 1 is 1.38 bits per heavy atom. The van der Waals surface area contributed by atoms with E-state index in [2.05, 4.69) is 15.0 Å². The number of nitrogens with zero attached hydrogens (tertiary/aromatic N) is 2. The lowest BCUT2D eigenvalue weighted by atomic mass is 10.5. The van der Waals surface area contributed by atoms with E-state index in [1.807, 2.05) is 0 Å². The molecular weight excluding hydrogens is 216 g/mol. The van der Waals surface area contributed by atoms with E-state index in [0.29, 0.717) is 0 Å². The van der Waals surface area contributed by atoms with E-state index in [1.165, 1.54) is 17.6 Å².